The summed E-state index contributed by atoms with van der Waals surface area (Å²) >= 11 is 0. The van der Waals surface area contributed by atoms with E-state index in [1.165, 1.54) is 0 Å². The van der Waals surface area contributed by atoms with Crippen LogP contribution in [0, 0.1) is 0 Å². The summed E-state index contributed by atoms with van der Waals surface area (Å²) in [5.41, 5.74) is 0.507. The number of carbonyl (C=O) groups is 1. The first-order chi connectivity index (χ1) is 10.8. The minimum Gasteiger partial charge on any atom is -0.444 e. The van der Waals surface area contributed by atoms with E-state index < -0.39 is 17.8 Å². The zero-order valence-corrected chi connectivity index (χ0v) is 14.4. The summed E-state index contributed by atoms with van der Waals surface area (Å²) in [6.45, 7) is 6.72. The highest BCUT2D eigenvalue weighted by Crippen LogP contribution is 2.19. The van der Waals surface area contributed by atoms with Crippen LogP contribution in [0.3, 0.4) is 0 Å². The van der Waals surface area contributed by atoms with Gasteiger partial charge in [0.25, 0.3) is 0 Å². The van der Waals surface area contributed by atoms with Crippen LogP contribution in [0.25, 0.3) is 0 Å². The van der Waals surface area contributed by atoms with Crippen LogP contribution in [-0.2, 0) is 22.9 Å². The summed E-state index contributed by atoms with van der Waals surface area (Å²) in [5, 5.41) is 14.6. The van der Waals surface area contributed by atoms with Crippen LogP contribution >= 0.6 is 0 Å². The van der Waals surface area contributed by atoms with Crippen molar-refractivity contribution in [3.05, 3.63) is 18.0 Å². The van der Waals surface area contributed by atoms with Gasteiger partial charge in [0.2, 0.25) is 0 Å². The highest BCUT2D eigenvalue weighted by Gasteiger charge is 2.35. The molecule has 0 spiro atoms. The summed E-state index contributed by atoms with van der Waals surface area (Å²) in [7, 11) is 1.86. The number of hydrogen-bond donors (Lipinski definition) is 1. The molecule has 0 radical (unpaired) electrons. The first kappa shape index (κ1) is 17.7. The van der Waals surface area contributed by atoms with Gasteiger partial charge in [-0.2, -0.15) is 5.10 Å². The molecule has 7 nitrogen and oxygen atoms in total. The van der Waals surface area contributed by atoms with E-state index in [-0.39, 0.29) is 6.04 Å². The zero-order chi connectivity index (χ0) is 17.0. The van der Waals surface area contributed by atoms with E-state index >= 15 is 0 Å². The molecule has 1 aliphatic rings. The van der Waals surface area contributed by atoms with Crippen LogP contribution in [0.1, 0.15) is 32.8 Å². The van der Waals surface area contributed by atoms with E-state index in [1.807, 2.05) is 34.0 Å². The zero-order valence-electron chi connectivity index (χ0n) is 14.4. The number of hydrogen-bond acceptors (Lipinski definition) is 5. The molecular formula is C16H27N3O4. The maximum Gasteiger partial charge on any atom is 0.410 e. The third-order valence-corrected chi connectivity index (χ3v) is 3.72. The van der Waals surface area contributed by atoms with E-state index in [1.54, 1.807) is 15.8 Å². The van der Waals surface area contributed by atoms with Gasteiger partial charge in [0.15, 0.2) is 0 Å². The van der Waals surface area contributed by atoms with Crippen LogP contribution in [0.4, 0.5) is 4.79 Å². The predicted molar refractivity (Wildman–Crippen MR) is 85.1 cm³/mol. The Kier molecular flexibility index (Phi) is 5.64. The van der Waals surface area contributed by atoms with Crippen molar-refractivity contribution in [2.75, 3.05) is 19.8 Å². The quantitative estimate of drug-likeness (QED) is 0.904. The van der Waals surface area contributed by atoms with Crippen LogP contribution in [0.5, 0.6) is 0 Å². The fourth-order valence-corrected chi connectivity index (χ4v) is 2.60. The SMILES string of the molecule is Cn1cc(CCC(O)C2COCCN2C(=O)OC(C)(C)C)cn1. The van der Waals surface area contributed by atoms with Crippen molar-refractivity contribution in [3.63, 3.8) is 0 Å². The van der Waals surface area contributed by atoms with Gasteiger partial charge in [-0.15, -0.1) is 0 Å². The summed E-state index contributed by atoms with van der Waals surface area (Å²) in [6, 6.07) is -0.379. The number of ether oxygens (including phenoxy) is 2. The number of aliphatic hydroxyl groups is 1. The van der Waals surface area contributed by atoms with E-state index in [0.717, 1.165) is 5.56 Å². The van der Waals surface area contributed by atoms with Gasteiger partial charge in [-0.1, -0.05) is 0 Å². The third-order valence-electron chi connectivity index (χ3n) is 3.72. The second-order valence-electron chi connectivity index (χ2n) is 6.94. The molecule has 0 aliphatic carbocycles. The number of aryl methyl sites for hydroxylation is 2. The van der Waals surface area contributed by atoms with Crippen molar-refractivity contribution < 1.29 is 19.4 Å². The van der Waals surface area contributed by atoms with E-state index in [9.17, 15) is 9.90 Å². The first-order valence-corrected chi connectivity index (χ1v) is 7.99. The number of rotatable bonds is 4. The summed E-state index contributed by atoms with van der Waals surface area (Å²) in [6.07, 6.45) is 3.90. The molecule has 7 heteroatoms. The number of morpholine rings is 1. The number of aliphatic hydroxyl groups excluding tert-OH is 1. The Labute approximate surface area is 137 Å². The molecule has 1 aliphatic heterocycles. The van der Waals surface area contributed by atoms with Gasteiger partial charge in [0, 0.05) is 19.8 Å². The Balaban J connectivity index is 1.95. The van der Waals surface area contributed by atoms with Crippen molar-refractivity contribution in [3.8, 4) is 0 Å². The summed E-state index contributed by atoms with van der Waals surface area (Å²) in [5.74, 6) is 0. The van der Waals surface area contributed by atoms with Crippen LogP contribution < -0.4 is 0 Å². The van der Waals surface area contributed by atoms with Crippen molar-refractivity contribution in [1.29, 1.82) is 0 Å². The second-order valence-corrected chi connectivity index (χ2v) is 6.94. The molecule has 2 atom stereocenters. The average Bonchev–Trinajstić information content (AvgIpc) is 2.88. The third kappa shape index (κ3) is 5.21. The lowest BCUT2D eigenvalue weighted by Gasteiger charge is -2.38. The summed E-state index contributed by atoms with van der Waals surface area (Å²) < 4.78 is 12.6. The molecule has 1 amide bonds. The van der Waals surface area contributed by atoms with Crippen molar-refractivity contribution in [1.82, 2.24) is 14.7 Å². The van der Waals surface area contributed by atoms with E-state index in [0.29, 0.717) is 32.6 Å². The number of amides is 1. The fourth-order valence-electron chi connectivity index (χ4n) is 2.60. The second kappa shape index (κ2) is 7.31. The molecular weight excluding hydrogens is 298 g/mol. The first-order valence-electron chi connectivity index (χ1n) is 7.99. The molecule has 2 unspecified atom stereocenters. The van der Waals surface area contributed by atoms with Crippen molar-refractivity contribution in [2.45, 2.75) is 51.4 Å². The standard InChI is InChI=1S/C16H27N3O4/c1-16(2,3)23-15(21)19-7-8-22-11-13(19)14(20)6-5-12-9-17-18(4)10-12/h9-10,13-14,20H,5-8,11H2,1-4H3. The largest absolute Gasteiger partial charge is 0.444 e. The highest BCUT2D eigenvalue weighted by atomic mass is 16.6. The topological polar surface area (TPSA) is 76.8 Å². The van der Waals surface area contributed by atoms with E-state index in [2.05, 4.69) is 5.10 Å². The Morgan fingerprint density at radius 2 is 2.30 bits per heavy atom. The maximum absolute atomic E-state index is 12.3. The monoisotopic (exact) mass is 325 g/mol. The predicted octanol–water partition coefficient (Wildman–Crippen LogP) is 1.35. The number of nitrogens with zero attached hydrogens (tertiary/aromatic N) is 3. The van der Waals surface area contributed by atoms with Gasteiger partial charge in [-0.3, -0.25) is 9.58 Å². The molecule has 0 saturated carbocycles. The lowest BCUT2D eigenvalue weighted by Crippen LogP contribution is -2.55. The molecule has 23 heavy (non-hydrogen) atoms. The van der Waals surface area contributed by atoms with Gasteiger partial charge in [-0.05, 0) is 39.2 Å². The molecule has 2 heterocycles. The Hall–Kier alpha value is -1.60. The smallest absolute Gasteiger partial charge is 0.410 e. The molecule has 0 bridgehead atoms. The van der Waals surface area contributed by atoms with Gasteiger partial charge < -0.3 is 14.6 Å². The van der Waals surface area contributed by atoms with Crippen molar-refractivity contribution in [2.24, 2.45) is 7.05 Å². The van der Waals surface area contributed by atoms with Gasteiger partial charge in [0.1, 0.15) is 5.60 Å². The van der Waals surface area contributed by atoms with Gasteiger partial charge in [0.05, 0.1) is 31.6 Å². The Morgan fingerprint density at radius 3 is 2.91 bits per heavy atom. The molecule has 1 aromatic heterocycles. The Morgan fingerprint density at radius 1 is 1.57 bits per heavy atom. The highest BCUT2D eigenvalue weighted by molar-refractivity contribution is 5.68. The lowest BCUT2D eigenvalue weighted by atomic mass is 10.0. The molecule has 2 rings (SSSR count). The number of carbonyl (C=O) groups excluding carboxylic acids is 1. The summed E-state index contributed by atoms with van der Waals surface area (Å²) in [4.78, 5) is 13.9. The minimum absolute atomic E-state index is 0.327. The number of aromatic nitrogens is 2. The van der Waals surface area contributed by atoms with E-state index in [4.69, 9.17) is 9.47 Å². The molecule has 1 N–H and O–H groups in total. The Bertz CT molecular complexity index is 524. The lowest BCUT2D eigenvalue weighted by molar-refractivity contribution is -0.0676. The van der Waals surface area contributed by atoms with Crippen LogP contribution in [0.2, 0.25) is 0 Å². The van der Waals surface area contributed by atoms with Crippen LogP contribution in [-0.4, -0.2) is 63.4 Å². The van der Waals surface area contributed by atoms with Crippen molar-refractivity contribution >= 4 is 6.09 Å². The minimum atomic E-state index is -0.664. The molecule has 0 aromatic carbocycles. The normalized spacial score (nSPS) is 20.4. The molecule has 1 saturated heterocycles. The van der Waals surface area contributed by atoms with Crippen LogP contribution in [0.15, 0.2) is 12.4 Å². The average molecular weight is 325 g/mol. The molecule has 130 valence electrons. The molecule has 1 aromatic rings. The van der Waals surface area contributed by atoms with Gasteiger partial charge in [-0.25, -0.2) is 4.79 Å². The fraction of sp³-hybridized carbons (Fsp3) is 0.750. The molecule has 1 fully saturated rings. The van der Waals surface area contributed by atoms with Gasteiger partial charge >= 0.3 is 6.09 Å². The maximum atomic E-state index is 12.3.